The van der Waals surface area contributed by atoms with Crippen LogP contribution in [0.2, 0.25) is 0 Å². The maximum absolute atomic E-state index is 12.9. The van der Waals surface area contributed by atoms with Crippen LogP contribution in [0.15, 0.2) is 70.0 Å². The van der Waals surface area contributed by atoms with Crippen LogP contribution in [0.25, 0.3) is 17.4 Å². The van der Waals surface area contributed by atoms with Gasteiger partial charge in [-0.15, -0.1) is 0 Å². The number of carbonyl (C=O) groups excluding carboxylic acids is 2. The zero-order valence-corrected chi connectivity index (χ0v) is 17.9. The number of esters is 1. The highest BCUT2D eigenvalue weighted by atomic mass is 32.2. The molecule has 0 unspecified atom stereocenters. The predicted octanol–water partition coefficient (Wildman–Crippen LogP) is 5.45. The molecule has 5 nitrogen and oxygen atoms in total. The Kier molecular flexibility index (Phi) is 5.57. The van der Waals surface area contributed by atoms with Crippen molar-refractivity contribution in [3.8, 4) is 11.3 Å². The van der Waals surface area contributed by atoms with Crippen LogP contribution in [0.5, 0.6) is 0 Å². The van der Waals surface area contributed by atoms with Crippen molar-refractivity contribution in [2.75, 3.05) is 12.0 Å². The van der Waals surface area contributed by atoms with E-state index in [4.69, 9.17) is 21.4 Å². The Morgan fingerprint density at radius 1 is 1.13 bits per heavy atom. The second kappa shape index (κ2) is 8.30. The average Bonchev–Trinajstić information content (AvgIpc) is 3.31. The van der Waals surface area contributed by atoms with Gasteiger partial charge < -0.3 is 9.15 Å². The largest absolute Gasteiger partial charge is 0.465 e. The number of anilines is 1. The minimum Gasteiger partial charge on any atom is -0.465 e. The molecule has 0 N–H and O–H groups in total. The number of furan rings is 1. The highest BCUT2D eigenvalue weighted by Crippen LogP contribution is 2.37. The van der Waals surface area contributed by atoms with Gasteiger partial charge in [-0.1, -0.05) is 54.3 Å². The molecular weight excluding hydrogens is 418 g/mol. The van der Waals surface area contributed by atoms with Gasteiger partial charge in [0.05, 0.1) is 23.3 Å². The standard InChI is InChI=1S/C23H17NO4S2/c1-14-6-5-7-15(12-14)24-21(25)20(30-23(24)29)13-16-10-11-19(28-16)17-8-3-4-9-18(17)22(26)27-2/h3-13H,1-2H3/b20-13-. The minimum absolute atomic E-state index is 0.191. The normalized spacial score (nSPS) is 15.1. The molecule has 2 aromatic carbocycles. The number of rotatable bonds is 4. The molecule has 0 aliphatic carbocycles. The zero-order valence-electron chi connectivity index (χ0n) is 16.2. The van der Waals surface area contributed by atoms with E-state index >= 15 is 0 Å². The molecule has 1 aliphatic rings. The summed E-state index contributed by atoms with van der Waals surface area (Å²) < 4.78 is 11.2. The summed E-state index contributed by atoms with van der Waals surface area (Å²) in [6.45, 7) is 1.97. The third-order valence-electron chi connectivity index (χ3n) is 4.55. The Balaban J connectivity index is 1.63. The van der Waals surface area contributed by atoms with Gasteiger partial charge in [0.2, 0.25) is 0 Å². The van der Waals surface area contributed by atoms with Gasteiger partial charge in [0.25, 0.3) is 5.91 Å². The van der Waals surface area contributed by atoms with Crippen LogP contribution in [0.4, 0.5) is 5.69 Å². The number of hydrogen-bond donors (Lipinski definition) is 0. The first-order valence-corrected chi connectivity index (χ1v) is 10.3. The van der Waals surface area contributed by atoms with Gasteiger partial charge in [-0.25, -0.2) is 4.79 Å². The van der Waals surface area contributed by atoms with Crippen molar-refractivity contribution in [3.05, 3.63) is 82.5 Å². The van der Waals surface area contributed by atoms with Crippen molar-refractivity contribution in [2.24, 2.45) is 0 Å². The molecule has 0 atom stereocenters. The highest BCUT2D eigenvalue weighted by Gasteiger charge is 2.33. The molecule has 0 saturated carbocycles. The van der Waals surface area contributed by atoms with Crippen molar-refractivity contribution in [1.29, 1.82) is 0 Å². The molecule has 0 spiro atoms. The first-order valence-electron chi connectivity index (χ1n) is 9.10. The number of hydrogen-bond acceptors (Lipinski definition) is 6. The third-order valence-corrected chi connectivity index (χ3v) is 5.85. The second-order valence-corrected chi connectivity index (χ2v) is 8.27. The number of thiocarbonyl (C=S) groups is 1. The fourth-order valence-electron chi connectivity index (χ4n) is 3.15. The summed E-state index contributed by atoms with van der Waals surface area (Å²) in [6, 6.07) is 18.2. The highest BCUT2D eigenvalue weighted by molar-refractivity contribution is 8.27. The van der Waals surface area contributed by atoms with E-state index in [-0.39, 0.29) is 5.91 Å². The Bertz CT molecular complexity index is 1200. The van der Waals surface area contributed by atoms with Crippen molar-refractivity contribution < 1.29 is 18.7 Å². The quantitative estimate of drug-likeness (QED) is 0.309. The van der Waals surface area contributed by atoms with Gasteiger partial charge in [-0.2, -0.15) is 0 Å². The monoisotopic (exact) mass is 435 g/mol. The van der Waals surface area contributed by atoms with E-state index in [1.165, 1.54) is 23.8 Å². The molecule has 0 bridgehead atoms. The van der Waals surface area contributed by atoms with Gasteiger partial charge in [0.1, 0.15) is 11.5 Å². The number of carbonyl (C=O) groups is 2. The van der Waals surface area contributed by atoms with E-state index in [2.05, 4.69) is 0 Å². The van der Waals surface area contributed by atoms with E-state index in [9.17, 15) is 9.59 Å². The van der Waals surface area contributed by atoms with E-state index in [1.807, 2.05) is 37.3 Å². The van der Waals surface area contributed by atoms with Crippen LogP contribution >= 0.6 is 24.0 Å². The van der Waals surface area contributed by atoms with Crippen LogP contribution in [-0.2, 0) is 9.53 Å². The van der Waals surface area contributed by atoms with Crippen molar-refractivity contribution in [3.63, 3.8) is 0 Å². The lowest BCUT2D eigenvalue weighted by Crippen LogP contribution is -2.27. The zero-order chi connectivity index (χ0) is 21.3. The summed E-state index contributed by atoms with van der Waals surface area (Å²) in [5.41, 5.74) is 2.82. The first kappa shape index (κ1) is 20.1. The molecule has 2 heterocycles. The van der Waals surface area contributed by atoms with E-state index in [1.54, 1.807) is 36.4 Å². The lowest BCUT2D eigenvalue weighted by molar-refractivity contribution is -0.113. The molecule has 0 radical (unpaired) electrons. The van der Waals surface area contributed by atoms with Crippen molar-refractivity contribution in [1.82, 2.24) is 0 Å². The number of thioether (sulfide) groups is 1. The fraction of sp³-hybridized carbons (Fsp3) is 0.0870. The summed E-state index contributed by atoms with van der Waals surface area (Å²) in [7, 11) is 1.34. The maximum atomic E-state index is 12.9. The number of methoxy groups -OCH3 is 1. The molecule has 150 valence electrons. The third kappa shape index (κ3) is 3.81. The van der Waals surface area contributed by atoms with Crippen LogP contribution in [0.3, 0.4) is 0 Å². The number of ether oxygens (including phenoxy) is 1. The Morgan fingerprint density at radius 3 is 2.70 bits per heavy atom. The molecule has 7 heteroatoms. The van der Waals surface area contributed by atoms with Gasteiger partial charge >= 0.3 is 5.97 Å². The Hall–Kier alpha value is -3.16. The van der Waals surface area contributed by atoms with E-state index in [0.29, 0.717) is 31.9 Å². The molecular formula is C23H17NO4S2. The summed E-state index contributed by atoms with van der Waals surface area (Å²) in [5.74, 6) is 0.372. The van der Waals surface area contributed by atoms with Crippen molar-refractivity contribution >= 4 is 51.9 Å². The summed E-state index contributed by atoms with van der Waals surface area (Å²) in [4.78, 5) is 27.0. The molecule has 1 saturated heterocycles. The van der Waals surface area contributed by atoms with Gasteiger partial charge in [0.15, 0.2) is 4.32 Å². The maximum Gasteiger partial charge on any atom is 0.338 e. The fourth-order valence-corrected chi connectivity index (χ4v) is 4.43. The topological polar surface area (TPSA) is 59.8 Å². The number of amides is 1. The van der Waals surface area contributed by atoms with Crippen LogP contribution in [-0.4, -0.2) is 23.3 Å². The lowest BCUT2D eigenvalue weighted by Gasteiger charge is -2.14. The summed E-state index contributed by atoms with van der Waals surface area (Å²) >= 11 is 6.65. The molecule has 1 fully saturated rings. The Morgan fingerprint density at radius 2 is 1.93 bits per heavy atom. The van der Waals surface area contributed by atoms with Crippen LogP contribution < -0.4 is 4.90 Å². The Labute approximate surface area is 183 Å². The number of nitrogens with zero attached hydrogens (tertiary/aromatic N) is 1. The minimum atomic E-state index is -0.442. The van der Waals surface area contributed by atoms with E-state index in [0.717, 1.165) is 11.3 Å². The number of benzene rings is 2. The molecule has 1 aliphatic heterocycles. The van der Waals surface area contributed by atoms with E-state index < -0.39 is 5.97 Å². The lowest BCUT2D eigenvalue weighted by atomic mass is 10.1. The smallest absolute Gasteiger partial charge is 0.338 e. The number of aryl methyl sites for hydroxylation is 1. The van der Waals surface area contributed by atoms with Gasteiger partial charge in [-0.3, -0.25) is 9.69 Å². The molecule has 1 aromatic heterocycles. The summed E-state index contributed by atoms with van der Waals surface area (Å²) in [6.07, 6.45) is 1.67. The van der Waals surface area contributed by atoms with Gasteiger partial charge in [0, 0.05) is 11.6 Å². The predicted molar refractivity (Wildman–Crippen MR) is 122 cm³/mol. The van der Waals surface area contributed by atoms with Crippen LogP contribution in [0, 0.1) is 6.92 Å². The molecule has 4 rings (SSSR count). The molecule has 30 heavy (non-hydrogen) atoms. The van der Waals surface area contributed by atoms with Crippen LogP contribution in [0.1, 0.15) is 21.7 Å². The van der Waals surface area contributed by atoms with Gasteiger partial charge in [-0.05, 0) is 42.8 Å². The SMILES string of the molecule is COC(=O)c1ccccc1-c1ccc(/C=C2\SC(=S)N(c3cccc(C)c3)C2=O)o1. The average molecular weight is 436 g/mol. The molecule has 3 aromatic rings. The first-order chi connectivity index (χ1) is 14.5. The molecule has 1 amide bonds. The van der Waals surface area contributed by atoms with Crippen molar-refractivity contribution in [2.45, 2.75) is 6.92 Å². The second-order valence-electron chi connectivity index (χ2n) is 6.60. The summed E-state index contributed by atoms with van der Waals surface area (Å²) in [5, 5.41) is 0.